The molecule has 2 saturated heterocycles. The highest BCUT2D eigenvalue weighted by molar-refractivity contribution is 6.00. The summed E-state index contributed by atoms with van der Waals surface area (Å²) in [5, 5.41) is 28.9. The Morgan fingerprint density at radius 2 is 2.14 bits per heavy atom. The van der Waals surface area contributed by atoms with Crippen molar-refractivity contribution in [1.82, 2.24) is 9.80 Å². The first kappa shape index (κ1) is 15.5. The van der Waals surface area contributed by atoms with E-state index < -0.39 is 18.0 Å². The van der Waals surface area contributed by atoms with Gasteiger partial charge in [-0.2, -0.15) is 0 Å². The van der Waals surface area contributed by atoms with Crippen molar-refractivity contribution in [2.24, 2.45) is 11.8 Å². The number of aliphatic carboxylic acids is 1. The fourth-order valence-electron chi connectivity index (χ4n) is 4.05. The van der Waals surface area contributed by atoms with Crippen molar-refractivity contribution < 1.29 is 24.9 Å². The summed E-state index contributed by atoms with van der Waals surface area (Å²) >= 11 is 0. The monoisotopic (exact) mass is 310 g/mol. The van der Waals surface area contributed by atoms with E-state index in [1.807, 2.05) is 11.8 Å². The van der Waals surface area contributed by atoms with Crippen molar-refractivity contribution in [3.8, 4) is 0 Å². The van der Waals surface area contributed by atoms with Gasteiger partial charge in [-0.3, -0.25) is 9.69 Å². The van der Waals surface area contributed by atoms with Crippen LogP contribution in [0.1, 0.15) is 20.3 Å². The third-order valence-electron chi connectivity index (χ3n) is 5.16. The van der Waals surface area contributed by atoms with Crippen LogP contribution < -0.4 is 0 Å². The Balaban J connectivity index is 1.87. The molecule has 3 N–H and O–H groups in total. The van der Waals surface area contributed by atoms with Crippen molar-refractivity contribution >= 4 is 11.9 Å². The van der Waals surface area contributed by atoms with Crippen LogP contribution >= 0.6 is 0 Å². The van der Waals surface area contributed by atoms with Crippen LogP contribution in [0.2, 0.25) is 0 Å². The number of hydrogen-bond acceptors (Lipinski definition) is 5. The highest BCUT2D eigenvalue weighted by Crippen LogP contribution is 2.47. The number of aliphatic hydroxyl groups excluding tert-OH is 2. The molecule has 0 bridgehead atoms. The van der Waals surface area contributed by atoms with Gasteiger partial charge in [-0.25, -0.2) is 4.79 Å². The number of hydrogen-bond donors (Lipinski definition) is 3. The number of likely N-dealkylation sites (tertiary alicyclic amines) is 1. The molecule has 2 unspecified atom stereocenters. The minimum absolute atomic E-state index is 0.0702. The zero-order valence-electron chi connectivity index (χ0n) is 12.8. The minimum atomic E-state index is -1.10. The van der Waals surface area contributed by atoms with E-state index in [2.05, 4.69) is 0 Å². The number of rotatable bonds is 4. The first-order chi connectivity index (χ1) is 10.3. The molecule has 0 aromatic heterocycles. The van der Waals surface area contributed by atoms with Crippen molar-refractivity contribution in [3.05, 3.63) is 11.3 Å². The van der Waals surface area contributed by atoms with Crippen LogP contribution in [0.4, 0.5) is 0 Å². The molecule has 1 amide bonds. The molecular formula is C15H22N2O5. The van der Waals surface area contributed by atoms with Crippen LogP contribution in [0, 0.1) is 11.8 Å². The second-order valence-electron chi connectivity index (χ2n) is 6.61. The topological polar surface area (TPSA) is 101 Å². The number of aliphatic hydroxyl groups is 2. The summed E-state index contributed by atoms with van der Waals surface area (Å²) in [4.78, 5) is 27.2. The zero-order chi connectivity index (χ0) is 16.2. The molecule has 0 saturated carbocycles. The number of fused-ring (bicyclic) bond motifs is 1. The molecule has 0 aliphatic carbocycles. The van der Waals surface area contributed by atoms with E-state index in [0.717, 1.165) is 12.1 Å². The number of carbonyl (C=O) groups excluding carboxylic acids is 1. The summed E-state index contributed by atoms with van der Waals surface area (Å²) in [5.41, 5.74) is 0.795. The average Bonchev–Trinajstić information content (AvgIpc) is 2.92. The third-order valence-corrected chi connectivity index (χ3v) is 5.16. The Hall–Kier alpha value is -1.44. The zero-order valence-corrected chi connectivity index (χ0v) is 12.8. The Kier molecular flexibility index (Phi) is 3.74. The number of amides is 1. The average molecular weight is 310 g/mol. The fourth-order valence-corrected chi connectivity index (χ4v) is 4.05. The van der Waals surface area contributed by atoms with E-state index in [4.69, 9.17) is 0 Å². The van der Waals surface area contributed by atoms with E-state index in [0.29, 0.717) is 19.5 Å². The lowest BCUT2D eigenvalue weighted by Crippen LogP contribution is -2.63. The number of β-amino-alcohol motifs (C(OH)–C–C–N with tert-alkyl or cyclic N) is 1. The maximum atomic E-state index is 12.2. The molecule has 3 aliphatic rings. The Morgan fingerprint density at radius 3 is 2.64 bits per heavy atom. The van der Waals surface area contributed by atoms with E-state index >= 15 is 0 Å². The third kappa shape index (κ3) is 2.15. The number of carboxylic acid groups (broad SMARTS) is 1. The molecule has 3 aliphatic heterocycles. The summed E-state index contributed by atoms with van der Waals surface area (Å²) in [6.45, 7) is 5.19. The lowest BCUT2D eigenvalue weighted by Gasteiger charge is -2.46. The first-order valence-corrected chi connectivity index (χ1v) is 7.70. The fraction of sp³-hybridized carbons (Fsp3) is 0.733. The second kappa shape index (κ2) is 5.33. The van der Waals surface area contributed by atoms with Crippen molar-refractivity contribution in [2.45, 2.75) is 38.5 Å². The molecule has 2 fully saturated rings. The molecule has 3 heterocycles. The molecule has 0 aromatic rings. The normalized spacial score (nSPS) is 36.5. The summed E-state index contributed by atoms with van der Waals surface area (Å²) in [6.07, 6.45) is -0.458. The van der Waals surface area contributed by atoms with E-state index in [9.17, 15) is 24.9 Å². The highest BCUT2D eigenvalue weighted by Gasteiger charge is 2.59. The lowest BCUT2D eigenvalue weighted by molar-refractivity contribution is -0.163. The summed E-state index contributed by atoms with van der Waals surface area (Å²) in [5.74, 6) is -2.02. The van der Waals surface area contributed by atoms with E-state index in [1.165, 1.54) is 4.90 Å². The van der Waals surface area contributed by atoms with Gasteiger partial charge in [-0.1, -0.05) is 6.92 Å². The van der Waals surface area contributed by atoms with Gasteiger partial charge in [0.1, 0.15) is 5.70 Å². The van der Waals surface area contributed by atoms with Crippen molar-refractivity contribution in [3.63, 3.8) is 0 Å². The van der Waals surface area contributed by atoms with Crippen molar-refractivity contribution in [1.29, 1.82) is 0 Å². The summed E-state index contributed by atoms with van der Waals surface area (Å²) in [7, 11) is 0. The van der Waals surface area contributed by atoms with Gasteiger partial charge in [-0.05, 0) is 18.9 Å². The van der Waals surface area contributed by atoms with Crippen LogP contribution in [-0.2, 0) is 9.59 Å². The molecule has 3 rings (SSSR count). The van der Waals surface area contributed by atoms with Gasteiger partial charge < -0.3 is 20.2 Å². The van der Waals surface area contributed by atoms with Gasteiger partial charge in [0, 0.05) is 25.6 Å². The van der Waals surface area contributed by atoms with Gasteiger partial charge in [0.25, 0.3) is 0 Å². The molecule has 0 spiro atoms. The molecule has 7 nitrogen and oxygen atoms in total. The number of nitrogens with zero attached hydrogens (tertiary/aromatic N) is 2. The van der Waals surface area contributed by atoms with Gasteiger partial charge in [-0.15, -0.1) is 0 Å². The Morgan fingerprint density at radius 1 is 1.45 bits per heavy atom. The van der Waals surface area contributed by atoms with Gasteiger partial charge in [0.2, 0.25) is 5.91 Å². The number of carboxylic acids is 1. The number of β-lactam (4-membered cyclic amide) rings is 1. The Labute approximate surface area is 128 Å². The predicted molar refractivity (Wildman–Crippen MR) is 76.7 cm³/mol. The minimum Gasteiger partial charge on any atom is -0.477 e. The van der Waals surface area contributed by atoms with Crippen LogP contribution in [0.15, 0.2) is 11.3 Å². The van der Waals surface area contributed by atoms with E-state index in [-0.39, 0.29) is 29.7 Å². The summed E-state index contributed by atoms with van der Waals surface area (Å²) in [6, 6.07) is -0.263. The van der Waals surface area contributed by atoms with Crippen molar-refractivity contribution in [2.75, 3.05) is 19.6 Å². The smallest absolute Gasteiger partial charge is 0.352 e. The molecule has 5 atom stereocenters. The van der Waals surface area contributed by atoms with E-state index in [1.54, 1.807) is 6.92 Å². The first-order valence-electron chi connectivity index (χ1n) is 7.70. The molecular weight excluding hydrogens is 288 g/mol. The predicted octanol–water partition coefficient (Wildman–Crippen LogP) is -0.751. The molecule has 22 heavy (non-hydrogen) atoms. The maximum Gasteiger partial charge on any atom is 0.352 e. The molecule has 122 valence electrons. The SMILES string of the molecule is C[C@@H](O)C1C(=O)N2C(C(=O)O)=C(CN3CC[C@@H](O)C3)[C@H](C)C12. The second-order valence-corrected chi connectivity index (χ2v) is 6.61. The van der Waals surface area contributed by atoms with Crippen LogP contribution in [0.25, 0.3) is 0 Å². The van der Waals surface area contributed by atoms with Crippen LogP contribution in [-0.4, -0.2) is 74.9 Å². The van der Waals surface area contributed by atoms with Gasteiger partial charge in [0.05, 0.1) is 24.2 Å². The molecule has 7 heteroatoms. The Bertz CT molecular complexity index is 544. The standard InChI is InChI=1S/C15H22N2O5/c1-7-10(6-16-4-3-9(19)5-16)13(15(21)22)17-12(7)11(8(2)18)14(17)20/h7-9,11-12,18-19H,3-6H2,1-2H3,(H,21,22)/t7-,8+,9+,11?,12?/m0/s1. The largest absolute Gasteiger partial charge is 0.477 e. The van der Waals surface area contributed by atoms with Crippen LogP contribution in [0.3, 0.4) is 0 Å². The van der Waals surface area contributed by atoms with Crippen LogP contribution in [0.5, 0.6) is 0 Å². The quantitative estimate of drug-likeness (QED) is 0.591. The summed E-state index contributed by atoms with van der Waals surface area (Å²) < 4.78 is 0. The van der Waals surface area contributed by atoms with Gasteiger partial charge >= 0.3 is 5.97 Å². The lowest BCUT2D eigenvalue weighted by atomic mass is 9.77. The number of carbonyl (C=O) groups is 2. The maximum absolute atomic E-state index is 12.2. The highest BCUT2D eigenvalue weighted by atomic mass is 16.4. The molecule has 0 radical (unpaired) electrons. The van der Waals surface area contributed by atoms with Gasteiger partial charge in [0.15, 0.2) is 0 Å². The molecule has 0 aromatic carbocycles.